The summed E-state index contributed by atoms with van der Waals surface area (Å²) in [5, 5.41) is 16.6. The van der Waals surface area contributed by atoms with Crippen LogP contribution in [-0.4, -0.2) is 75.1 Å². The van der Waals surface area contributed by atoms with Crippen molar-refractivity contribution < 1.29 is 33.1 Å². The van der Waals surface area contributed by atoms with Crippen LogP contribution in [0.5, 0.6) is 5.75 Å². The molecule has 7 rings (SSSR count). The minimum Gasteiger partial charge on any atom is -0.497 e. The van der Waals surface area contributed by atoms with Gasteiger partial charge in [-0.1, -0.05) is 43.3 Å². The molecule has 276 valence electrons. The summed E-state index contributed by atoms with van der Waals surface area (Å²) in [6.45, 7) is 7.11. The molecule has 0 radical (unpaired) electrons. The molecule has 1 spiro atoms. The van der Waals surface area contributed by atoms with Crippen molar-refractivity contribution in [3.05, 3.63) is 89.0 Å². The van der Waals surface area contributed by atoms with Crippen LogP contribution in [0.1, 0.15) is 48.4 Å². The standard InChI is InChI=1S/C40H49FN4O6Si/c1-25-37(52(3,4)41)35(20-36(47)44-23-29-9-6-5-8-27(29)18-31(44)24-46)51-40(25)33-19-32(50-2)15-16-34(33)45(39(40)49)22-26-11-13-30(14-12-26)43-38(48)28-10-7-17-42-21-28/h5-6,8-9,11-16,19,25,28,31,35,37,42,46H,7,10,17-18,20-24H2,1-4H3,(H,43,48)/t25-,28?,31-,35+,37-,40+/m0/s1. The molecule has 0 saturated carbocycles. The van der Waals surface area contributed by atoms with E-state index >= 15 is 4.11 Å². The Morgan fingerprint density at radius 3 is 2.54 bits per heavy atom. The maximum Gasteiger partial charge on any atom is 0.264 e. The van der Waals surface area contributed by atoms with Crippen LogP contribution in [0.2, 0.25) is 18.6 Å². The molecule has 0 aromatic heterocycles. The molecule has 10 nitrogen and oxygen atoms in total. The van der Waals surface area contributed by atoms with Crippen LogP contribution >= 0.6 is 0 Å². The molecule has 3 aromatic rings. The number of piperidine rings is 1. The summed E-state index contributed by atoms with van der Waals surface area (Å²) in [7, 11) is -1.97. The van der Waals surface area contributed by atoms with Gasteiger partial charge < -0.3 is 39.1 Å². The van der Waals surface area contributed by atoms with Gasteiger partial charge in [0.25, 0.3) is 5.91 Å². The quantitative estimate of drug-likeness (QED) is 0.202. The Labute approximate surface area is 305 Å². The number of benzene rings is 3. The molecule has 3 N–H and O–H groups in total. The highest BCUT2D eigenvalue weighted by Gasteiger charge is 2.67. The molecule has 4 aliphatic heterocycles. The van der Waals surface area contributed by atoms with Gasteiger partial charge in [0.15, 0.2) is 5.60 Å². The number of nitrogens with zero attached hydrogens (tertiary/aromatic N) is 2. The molecule has 3 aromatic carbocycles. The van der Waals surface area contributed by atoms with Gasteiger partial charge in [0.1, 0.15) is 5.75 Å². The van der Waals surface area contributed by atoms with Crippen molar-refractivity contribution in [1.29, 1.82) is 0 Å². The van der Waals surface area contributed by atoms with Crippen LogP contribution in [-0.2, 0) is 44.2 Å². The first kappa shape index (κ1) is 36.3. The van der Waals surface area contributed by atoms with E-state index in [2.05, 4.69) is 10.6 Å². The van der Waals surface area contributed by atoms with Crippen molar-refractivity contribution in [3.63, 3.8) is 0 Å². The molecular formula is C40H49FN4O6Si. The molecule has 4 aliphatic rings. The second-order valence-electron chi connectivity index (χ2n) is 15.3. The normalized spacial score (nSPS) is 27.0. The fourth-order valence-electron chi connectivity index (χ4n) is 9.04. The monoisotopic (exact) mass is 728 g/mol. The molecule has 1 unspecified atom stereocenters. The number of nitrogens with one attached hydrogen (secondary N) is 2. The van der Waals surface area contributed by atoms with Crippen LogP contribution in [0, 0.1) is 11.8 Å². The van der Waals surface area contributed by atoms with E-state index in [0.717, 1.165) is 36.1 Å². The second kappa shape index (κ2) is 14.4. The fraction of sp³-hybridized carbons (Fsp3) is 0.475. The highest BCUT2D eigenvalue weighted by molar-refractivity contribution is 6.72. The maximum absolute atomic E-state index is 16.5. The Balaban J connectivity index is 1.16. The third-order valence-electron chi connectivity index (χ3n) is 11.7. The van der Waals surface area contributed by atoms with Crippen LogP contribution in [0.3, 0.4) is 0 Å². The number of carbonyl (C=O) groups excluding carboxylic acids is 3. The van der Waals surface area contributed by atoms with Gasteiger partial charge in [-0.05, 0) is 85.9 Å². The van der Waals surface area contributed by atoms with Crippen molar-refractivity contribution in [2.45, 2.75) is 82.1 Å². The Bertz CT molecular complexity index is 1830. The van der Waals surface area contributed by atoms with E-state index in [1.165, 1.54) is 0 Å². The number of aliphatic hydroxyl groups excluding tert-OH is 1. The lowest BCUT2D eigenvalue weighted by atomic mass is 9.82. The van der Waals surface area contributed by atoms with Crippen LogP contribution in [0.4, 0.5) is 15.5 Å². The first-order valence-electron chi connectivity index (χ1n) is 18.4. The van der Waals surface area contributed by atoms with Gasteiger partial charge in [-0.15, -0.1) is 0 Å². The SMILES string of the molecule is COc1ccc2c(c1)[C@@]1(O[C@H](CC(=O)N3Cc4ccccc4C[C@H]3CO)[C@@H]([Si](C)(C)F)[C@@H]1C)C(=O)N2Cc1ccc(NC(=O)C2CCCNC2)cc1. The summed E-state index contributed by atoms with van der Waals surface area (Å²) < 4.78 is 29.0. The Morgan fingerprint density at radius 2 is 1.87 bits per heavy atom. The van der Waals surface area contributed by atoms with E-state index in [0.29, 0.717) is 42.2 Å². The average molecular weight is 729 g/mol. The van der Waals surface area contributed by atoms with Crippen molar-refractivity contribution in [3.8, 4) is 5.75 Å². The number of ether oxygens (including phenoxy) is 2. The topological polar surface area (TPSA) is 120 Å². The summed E-state index contributed by atoms with van der Waals surface area (Å²) in [6.07, 6.45) is 1.40. The number of hydrogen-bond acceptors (Lipinski definition) is 7. The number of anilines is 2. The molecular weight excluding hydrogens is 680 g/mol. The molecule has 2 fully saturated rings. The van der Waals surface area contributed by atoms with Crippen molar-refractivity contribution >= 4 is 37.5 Å². The summed E-state index contributed by atoms with van der Waals surface area (Å²) in [4.78, 5) is 45.2. The predicted molar refractivity (Wildman–Crippen MR) is 199 cm³/mol. The van der Waals surface area contributed by atoms with E-state index in [9.17, 15) is 19.5 Å². The molecule has 4 heterocycles. The minimum atomic E-state index is -3.53. The van der Waals surface area contributed by atoms with E-state index < -0.39 is 37.6 Å². The van der Waals surface area contributed by atoms with E-state index in [4.69, 9.17) is 9.47 Å². The van der Waals surface area contributed by atoms with Crippen molar-refractivity contribution in [2.75, 3.05) is 37.0 Å². The summed E-state index contributed by atoms with van der Waals surface area (Å²) in [5.41, 5.74) is 2.73. The molecule has 6 atom stereocenters. The number of rotatable bonds is 9. The van der Waals surface area contributed by atoms with Gasteiger partial charge in [-0.2, -0.15) is 0 Å². The first-order chi connectivity index (χ1) is 24.9. The maximum atomic E-state index is 16.5. The number of aliphatic hydroxyl groups is 1. The fourth-order valence-corrected chi connectivity index (χ4v) is 11.5. The van der Waals surface area contributed by atoms with Crippen LogP contribution < -0.4 is 20.3 Å². The van der Waals surface area contributed by atoms with Gasteiger partial charge in [0, 0.05) is 35.8 Å². The molecule has 52 heavy (non-hydrogen) atoms. The van der Waals surface area contributed by atoms with Crippen molar-refractivity contribution in [1.82, 2.24) is 10.2 Å². The zero-order valence-electron chi connectivity index (χ0n) is 30.4. The number of amides is 3. The number of halogens is 1. The number of methoxy groups -OCH3 is 1. The number of fused-ring (bicyclic) bond motifs is 3. The lowest BCUT2D eigenvalue weighted by Crippen LogP contribution is -2.48. The van der Waals surface area contributed by atoms with Gasteiger partial charge in [0.05, 0.1) is 50.4 Å². The molecule has 0 bridgehead atoms. The Hall–Kier alpha value is -4.10. The van der Waals surface area contributed by atoms with Gasteiger partial charge in [-0.25, -0.2) is 0 Å². The average Bonchev–Trinajstić information content (AvgIpc) is 3.57. The van der Waals surface area contributed by atoms with E-state index in [-0.39, 0.29) is 43.2 Å². The largest absolute Gasteiger partial charge is 0.497 e. The third-order valence-corrected chi connectivity index (χ3v) is 14.1. The van der Waals surface area contributed by atoms with E-state index in [1.54, 1.807) is 42.1 Å². The zero-order chi connectivity index (χ0) is 36.8. The van der Waals surface area contributed by atoms with Gasteiger partial charge >= 0.3 is 0 Å². The zero-order valence-corrected chi connectivity index (χ0v) is 31.4. The lowest BCUT2D eigenvalue weighted by Gasteiger charge is -2.37. The molecule has 12 heteroatoms. The van der Waals surface area contributed by atoms with Crippen LogP contribution in [0.15, 0.2) is 66.7 Å². The van der Waals surface area contributed by atoms with E-state index in [1.807, 2.05) is 61.5 Å². The minimum absolute atomic E-state index is 0.00855. The van der Waals surface area contributed by atoms with Crippen LogP contribution in [0.25, 0.3) is 0 Å². The summed E-state index contributed by atoms with van der Waals surface area (Å²) in [5.74, 6) is -0.646. The second-order valence-corrected chi connectivity index (χ2v) is 19.1. The summed E-state index contributed by atoms with van der Waals surface area (Å²) in [6, 6.07) is 20.4. The smallest absolute Gasteiger partial charge is 0.264 e. The highest BCUT2D eigenvalue weighted by Crippen LogP contribution is 2.60. The Morgan fingerprint density at radius 1 is 1.12 bits per heavy atom. The Kier molecular flexibility index (Phi) is 10.0. The molecule has 0 aliphatic carbocycles. The number of carbonyl (C=O) groups is 3. The summed E-state index contributed by atoms with van der Waals surface area (Å²) >= 11 is 0. The predicted octanol–water partition coefficient (Wildman–Crippen LogP) is 5.29. The molecule has 2 saturated heterocycles. The lowest BCUT2D eigenvalue weighted by molar-refractivity contribution is -0.151. The first-order valence-corrected chi connectivity index (χ1v) is 21.3. The molecule has 3 amide bonds. The highest BCUT2D eigenvalue weighted by atomic mass is 28.4. The van der Waals surface area contributed by atoms with Gasteiger partial charge in [0.2, 0.25) is 20.2 Å². The van der Waals surface area contributed by atoms with Crippen molar-refractivity contribution in [2.24, 2.45) is 11.8 Å². The third kappa shape index (κ3) is 6.54. The number of hydrogen-bond donors (Lipinski definition) is 3. The van der Waals surface area contributed by atoms with Gasteiger partial charge in [-0.3, -0.25) is 14.4 Å².